The number of rotatable bonds is 3. The SMILES string of the molecule is CC(=Nc1nn(C)cc1C)c1c(O)[nH]c2cnc(-c3cnccc3C)cc12. The van der Waals surface area contributed by atoms with Crippen LogP contribution in [0.25, 0.3) is 22.2 Å². The van der Waals surface area contributed by atoms with E-state index in [4.69, 9.17) is 0 Å². The highest BCUT2D eigenvalue weighted by Crippen LogP contribution is 2.32. The van der Waals surface area contributed by atoms with Crippen LogP contribution in [0.3, 0.4) is 0 Å². The van der Waals surface area contributed by atoms with Crippen molar-refractivity contribution in [1.29, 1.82) is 0 Å². The molecule has 0 aliphatic heterocycles. The Hall–Kier alpha value is -3.48. The Morgan fingerprint density at radius 3 is 2.74 bits per heavy atom. The van der Waals surface area contributed by atoms with Gasteiger partial charge in [-0.25, -0.2) is 4.99 Å². The predicted molar refractivity (Wildman–Crippen MR) is 106 cm³/mol. The first-order valence-electron chi connectivity index (χ1n) is 8.61. The summed E-state index contributed by atoms with van der Waals surface area (Å²) in [6.07, 6.45) is 7.19. The van der Waals surface area contributed by atoms with E-state index in [9.17, 15) is 5.11 Å². The average molecular weight is 360 g/mol. The average Bonchev–Trinajstić information content (AvgIpc) is 3.12. The lowest BCUT2D eigenvalue weighted by atomic mass is 10.0. The highest BCUT2D eigenvalue weighted by atomic mass is 16.3. The van der Waals surface area contributed by atoms with Crippen molar-refractivity contribution < 1.29 is 5.11 Å². The summed E-state index contributed by atoms with van der Waals surface area (Å²) in [6, 6.07) is 3.91. The fraction of sp³-hybridized carbons (Fsp3) is 0.200. The summed E-state index contributed by atoms with van der Waals surface area (Å²) in [4.78, 5) is 16.3. The van der Waals surface area contributed by atoms with Crippen LogP contribution < -0.4 is 0 Å². The fourth-order valence-corrected chi connectivity index (χ4v) is 3.25. The van der Waals surface area contributed by atoms with E-state index in [0.29, 0.717) is 17.1 Å². The molecule has 136 valence electrons. The summed E-state index contributed by atoms with van der Waals surface area (Å²) < 4.78 is 1.73. The molecule has 0 amide bonds. The second kappa shape index (κ2) is 6.35. The number of hydrogen-bond donors (Lipinski definition) is 2. The zero-order chi connectivity index (χ0) is 19.1. The Kier molecular flexibility index (Phi) is 3.99. The molecule has 4 aromatic rings. The minimum atomic E-state index is 0.0710. The van der Waals surface area contributed by atoms with Gasteiger partial charge in [0, 0.05) is 42.2 Å². The zero-order valence-electron chi connectivity index (χ0n) is 15.6. The third-order valence-electron chi connectivity index (χ3n) is 4.60. The summed E-state index contributed by atoms with van der Waals surface area (Å²) >= 11 is 0. The fourth-order valence-electron chi connectivity index (χ4n) is 3.25. The molecule has 0 aliphatic carbocycles. The van der Waals surface area contributed by atoms with Crippen molar-refractivity contribution >= 4 is 22.4 Å². The van der Waals surface area contributed by atoms with Crippen LogP contribution >= 0.6 is 0 Å². The van der Waals surface area contributed by atoms with Crippen molar-refractivity contribution in [3.8, 4) is 17.1 Å². The van der Waals surface area contributed by atoms with Gasteiger partial charge in [-0.05, 0) is 38.5 Å². The number of H-pyrrole nitrogens is 1. The number of aromatic nitrogens is 5. The second-order valence-corrected chi connectivity index (χ2v) is 6.66. The van der Waals surface area contributed by atoms with Crippen molar-refractivity contribution in [2.24, 2.45) is 12.0 Å². The molecule has 0 fully saturated rings. The van der Waals surface area contributed by atoms with Gasteiger partial charge in [-0.1, -0.05) is 0 Å². The number of aryl methyl sites for hydroxylation is 3. The molecule has 27 heavy (non-hydrogen) atoms. The number of aromatic amines is 1. The maximum atomic E-state index is 10.5. The maximum Gasteiger partial charge on any atom is 0.198 e. The van der Waals surface area contributed by atoms with E-state index < -0.39 is 0 Å². The molecule has 0 saturated heterocycles. The van der Waals surface area contributed by atoms with Gasteiger partial charge in [0.25, 0.3) is 0 Å². The molecule has 7 nitrogen and oxygen atoms in total. The predicted octanol–water partition coefficient (Wildman–Crippen LogP) is 3.82. The Bertz CT molecular complexity index is 1180. The van der Waals surface area contributed by atoms with Crippen LogP contribution in [0.15, 0.2) is 41.9 Å². The van der Waals surface area contributed by atoms with E-state index in [2.05, 4.69) is 25.0 Å². The topological polar surface area (TPSA) is 92.0 Å². The lowest BCUT2D eigenvalue weighted by molar-refractivity contribution is 0.457. The number of aromatic hydroxyl groups is 1. The summed E-state index contributed by atoms with van der Waals surface area (Å²) in [5.74, 6) is 0.711. The second-order valence-electron chi connectivity index (χ2n) is 6.66. The molecular formula is C20H20N6O. The Morgan fingerprint density at radius 2 is 2.04 bits per heavy atom. The summed E-state index contributed by atoms with van der Waals surface area (Å²) in [5.41, 5.74) is 5.91. The van der Waals surface area contributed by atoms with E-state index in [0.717, 1.165) is 33.3 Å². The molecule has 0 radical (unpaired) electrons. The summed E-state index contributed by atoms with van der Waals surface area (Å²) in [7, 11) is 1.86. The normalized spacial score (nSPS) is 12.1. The van der Waals surface area contributed by atoms with Gasteiger partial charge in [0.15, 0.2) is 11.7 Å². The van der Waals surface area contributed by atoms with Gasteiger partial charge in [0.2, 0.25) is 0 Å². The molecule has 4 rings (SSSR count). The van der Waals surface area contributed by atoms with Crippen molar-refractivity contribution in [2.45, 2.75) is 20.8 Å². The number of pyridine rings is 2. The molecule has 0 unspecified atom stereocenters. The third kappa shape index (κ3) is 2.97. The maximum absolute atomic E-state index is 10.5. The lowest BCUT2D eigenvalue weighted by Gasteiger charge is -2.05. The number of fused-ring (bicyclic) bond motifs is 1. The number of hydrogen-bond acceptors (Lipinski definition) is 5. The zero-order valence-corrected chi connectivity index (χ0v) is 15.6. The monoisotopic (exact) mass is 360 g/mol. The largest absolute Gasteiger partial charge is 0.494 e. The van der Waals surface area contributed by atoms with Crippen molar-refractivity contribution in [3.63, 3.8) is 0 Å². The first kappa shape index (κ1) is 17.0. The minimum Gasteiger partial charge on any atom is -0.494 e. The summed E-state index contributed by atoms with van der Waals surface area (Å²) in [5, 5.41) is 15.7. The number of aliphatic imine (C=N–C) groups is 1. The van der Waals surface area contributed by atoms with Crippen LogP contribution in [0.4, 0.5) is 5.82 Å². The number of nitrogens with zero attached hydrogens (tertiary/aromatic N) is 5. The van der Waals surface area contributed by atoms with Gasteiger partial charge in [-0.15, -0.1) is 0 Å². The summed E-state index contributed by atoms with van der Waals surface area (Å²) in [6.45, 7) is 5.85. The highest BCUT2D eigenvalue weighted by Gasteiger charge is 2.16. The van der Waals surface area contributed by atoms with Crippen LogP contribution in [0.1, 0.15) is 23.6 Å². The van der Waals surface area contributed by atoms with Gasteiger partial charge in [-0.2, -0.15) is 5.10 Å². The van der Waals surface area contributed by atoms with E-state index in [1.165, 1.54) is 0 Å². The van der Waals surface area contributed by atoms with Crippen LogP contribution in [-0.4, -0.2) is 35.6 Å². The Labute approximate surface area is 156 Å². The highest BCUT2D eigenvalue weighted by molar-refractivity contribution is 6.13. The minimum absolute atomic E-state index is 0.0710. The van der Waals surface area contributed by atoms with Crippen LogP contribution in [0.5, 0.6) is 5.88 Å². The quantitative estimate of drug-likeness (QED) is 0.543. The lowest BCUT2D eigenvalue weighted by Crippen LogP contribution is -1.95. The number of nitrogens with one attached hydrogen (secondary N) is 1. The van der Waals surface area contributed by atoms with E-state index in [-0.39, 0.29) is 5.88 Å². The molecule has 2 N–H and O–H groups in total. The molecule has 0 atom stereocenters. The molecule has 4 heterocycles. The van der Waals surface area contributed by atoms with Crippen LogP contribution in [-0.2, 0) is 7.05 Å². The molecule has 4 aromatic heterocycles. The van der Waals surface area contributed by atoms with Gasteiger partial charge < -0.3 is 10.1 Å². The molecule has 0 bridgehead atoms. The molecule has 7 heteroatoms. The van der Waals surface area contributed by atoms with Gasteiger partial charge in [0.05, 0.1) is 28.7 Å². The van der Waals surface area contributed by atoms with Gasteiger partial charge >= 0.3 is 0 Å². The smallest absolute Gasteiger partial charge is 0.198 e. The van der Waals surface area contributed by atoms with Crippen LogP contribution in [0.2, 0.25) is 0 Å². The standard InChI is InChI=1S/C20H20N6O/c1-11-5-6-21-8-15(11)16-7-14-17(9-22-16)24-20(27)18(14)13(3)23-19-12(2)10-26(4)25-19/h5-10,24,27H,1-4H3. The van der Waals surface area contributed by atoms with E-state index in [1.807, 2.05) is 46.1 Å². The Balaban J connectivity index is 1.88. The van der Waals surface area contributed by atoms with Crippen LogP contribution in [0, 0.1) is 13.8 Å². The molecule has 0 spiro atoms. The first-order valence-corrected chi connectivity index (χ1v) is 8.61. The van der Waals surface area contributed by atoms with Crippen molar-refractivity contribution in [2.75, 3.05) is 0 Å². The third-order valence-corrected chi connectivity index (χ3v) is 4.60. The van der Waals surface area contributed by atoms with Crippen molar-refractivity contribution in [1.82, 2.24) is 24.7 Å². The van der Waals surface area contributed by atoms with Crippen molar-refractivity contribution in [3.05, 3.63) is 53.6 Å². The van der Waals surface area contributed by atoms with E-state index in [1.54, 1.807) is 23.3 Å². The molecular weight excluding hydrogens is 340 g/mol. The van der Waals surface area contributed by atoms with Gasteiger partial charge in [-0.3, -0.25) is 14.6 Å². The molecule has 0 saturated carbocycles. The Morgan fingerprint density at radius 1 is 1.22 bits per heavy atom. The van der Waals surface area contributed by atoms with Gasteiger partial charge in [0.1, 0.15) is 0 Å². The molecule has 0 aromatic carbocycles. The van der Waals surface area contributed by atoms with E-state index >= 15 is 0 Å². The first-order chi connectivity index (χ1) is 12.9. The molecule has 0 aliphatic rings.